The van der Waals surface area contributed by atoms with Crippen LogP contribution >= 0.6 is 0 Å². The summed E-state index contributed by atoms with van der Waals surface area (Å²) in [6, 6.07) is 19.7. The van der Waals surface area contributed by atoms with Crippen LogP contribution in [0, 0.1) is 40.9 Å². The van der Waals surface area contributed by atoms with Crippen molar-refractivity contribution in [2.24, 2.45) is 0 Å². The molecule has 0 aliphatic rings. The number of hydrogen-bond acceptors (Lipinski definition) is 5. The lowest BCUT2D eigenvalue weighted by atomic mass is 10.2. The average molecular weight is 300 g/mol. The second kappa shape index (κ2) is 7.31. The highest BCUT2D eigenvalue weighted by Gasteiger charge is 2.06. The Balaban J connectivity index is 2.17. The predicted octanol–water partition coefficient (Wildman–Crippen LogP) is 4.02. The highest BCUT2D eigenvalue weighted by Crippen LogP contribution is 2.26. The number of nitrogens with zero attached hydrogens (tertiary/aromatic N) is 3. The zero-order chi connectivity index (χ0) is 16.7. The first-order chi connectivity index (χ1) is 11.2. The minimum atomic E-state index is -0.257. The van der Waals surface area contributed by atoms with Gasteiger partial charge in [0.2, 0.25) is 0 Å². The minimum absolute atomic E-state index is 0.0810. The number of nitriles is 3. The third kappa shape index (κ3) is 3.88. The van der Waals surface area contributed by atoms with Gasteiger partial charge in [-0.2, -0.15) is 15.8 Å². The van der Waals surface area contributed by atoms with Gasteiger partial charge in [0, 0.05) is 5.69 Å². The van der Waals surface area contributed by atoms with Gasteiger partial charge >= 0.3 is 0 Å². The molecule has 23 heavy (non-hydrogen) atoms. The number of allylic oxidation sites excluding steroid dienone is 2. The van der Waals surface area contributed by atoms with Crippen molar-refractivity contribution in [2.75, 3.05) is 5.32 Å². The first kappa shape index (κ1) is 15.6. The molecule has 2 aromatic carbocycles. The monoisotopic (exact) mass is 300 g/mol. The third-order valence-corrected chi connectivity index (χ3v) is 3.03. The first-order valence-corrected chi connectivity index (χ1v) is 6.73. The van der Waals surface area contributed by atoms with E-state index in [9.17, 15) is 0 Å². The molecule has 2 aromatic rings. The van der Waals surface area contributed by atoms with Gasteiger partial charge in [0.05, 0.1) is 0 Å². The van der Waals surface area contributed by atoms with Crippen LogP contribution in [0.25, 0.3) is 0 Å². The molecule has 0 spiro atoms. The number of benzene rings is 2. The van der Waals surface area contributed by atoms with Crippen LogP contribution in [0.15, 0.2) is 59.8 Å². The second-order valence-electron chi connectivity index (χ2n) is 4.60. The summed E-state index contributed by atoms with van der Waals surface area (Å²) in [7, 11) is 0. The molecule has 0 heterocycles. The quantitative estimate of drug-likeness (QED) is 0.861. The van der Waals surface area contributed by atoms with Gasteiger partial charge in [-0.25, -0.2) is 0 Å². The number of para-hydroxylation sites is 1. The number of ether oxygens (including phenoxy) is 1. The van der Waals surface area contributed by atoms with E-state index in [4.69, 9.17) is 20.5 Å². The summed E-state index contributed by atoms with van der Waals surface area (Å²) in [5, 5.41) is 29.4. The molecule has 0 atom stereocenters. The molecule has 0 aromatic heterocycles. The molecule has 110 valence electrons. The second-order valence-corrected chi connectivity index (χ2v) is 4.60. The fourth-order valence-electron chi connectivity index (χ4n) is 1.83. The van der Waals surface area contributed by atoms with Crippen LogP contribution in [0.5, 0.6) is 11.5 Å². The van der Waals surface area contributed by atoms with Crippen LogP contribution in [0.1, 0.15) is 5.56 Å². The Hall–Kier alpha value is -3.75. The molecule has 0 saturated heterocycles. The molecule has 0 unspecified atom stereocenters. The van der Waals surface area contributed by atoms with Gasteiger partial charge in [0.1, 0.15) is 35.4 Å². The van der Waals surface area contributed by atoms with Gasteiger partial charge in [-0.3, -0.25) is 0 Å². The van der Waals surface area contributed by atoms with E-state index in [0.29, 0.717) is 11.4 Å². The summed E-state index contributed by atoms with van der Waals surface area (Å²) >= 11 is 0. The van der Waals surface area contributed by atoms with E-state index < -0.39 is 0 Å². The van der Waals surface area contributed by atoms with E-state index in [-0.39, 0.29) is 11.3 Å². The Morgan fingerprint density at radius 3 is 2.13 bits per heavy atom. The zero-order valence-electron chi connectivity index (χ0n) is 12.4. The smallest absolute Gasteiger partial charge is 0.163 e. The molecule has 0 radical (unpaired) electrons. The summed E-state index contributed by atoms with van der Waals surface area (Å²) < 4.78 is 5.78. The maximum absolute atomic E-state index is 9.00. The van der Waals surface area contributed by atoms with Crippen LogP contribution in [0.4, 0.5) is 5.69 Å². The van der Waals surface area contributed by atoms with E-state index in [0.717, 1.165) is 11.3 Å². The van der Waals surface area contributed by atoms with Crippen LogP contribution < -0.4 is 10.1 Å². The molecule has 0 aliphatic carbocycles. The van der Waals surface area contributed by atoms with E-state index >= 15 is 0 Å². The van der Waals surface area contributed by atoms with Gasteiger partial charge in [-0.1, -0.05) is 18.2 Å². The Morgan fingerprint density at radius 2 is 1.57 bits per heavy atom. The normalized spacial score (nSPS) is 8.96. The molecule has 0 aliphatic heterocycles. The molecule has 2 rings (SSSR count). The summed E-state index contributed by atoms with van der Waals surface area (Å²) in [5.41, 5.74) is 1.27. The van der Waals surface area contributed by atoms with Gasteiger partial charge in [0.15, 0.2) is 5.57 Å². The number of rotatable bonds is 4. The largest absolute Gasteiger partial charge is 0.457 e. The van der Waals surface area contributed by atoms with Crippen LogP contribution in [-0.4, -0.2) is 0 Å². The van der Waals surface area contributed by atoms with Crippen molar-refractivity contribution in [2.45, 2.75) is 6.92 Å². The highest BCUT2D eigenvalue weighted by molar-refractivity contribution is 5.59. The molecule has 5 nitrogen and oxygen atoms in total. The van der Waals surface area contributed by atoms with Crippen molar-refractivity contribution in [3.63, 3.8) is 0 Å². The third-order valence-electron chi connectivity index (χ3n) is 3.03. The van der Waals surface area contributed by atoms with Gasteiger partial charge < -0.3 is 10.1 Å². The number of anilines is 1. The molecular formula is C18H12N4O. The maximum Gasteiger partial charge on any atom is 0.163 e. The Labute approximate surface area is 134 Å². The number of hydrogen-bond donors (Lipinski definition) is 1. The van der Waals surface area contributed by atoms with Gasteiger partial charge in [-0.15, -0.1) is 0 Å². The Kier molecular flexibility index (Phi) is 4.97. The molecule has 0 fully saturated rings. The first-order valence-electron chi connectivity index (χ1n) is 6.73. The lowest BCUT2D eigenvalue weighted by Gasteiger charge is -2.09. The van der Waals surface area contributed by atoms with E-state index in [2.05, 4.69) is 5.32 Å². The van der Waals surface area contributed by atoms with Crippen LogP contribution in [0.3, 0.4) is 0 Å². The average Bonchev–Trinajstić information content (AvgIpc) is 2.58. The molecule has 0 amide bonds. The lowest BCUT2D eigenvalue weighted by Crippen LogP contribution is -2.00. The maximum atomic E-state index is 9.00. The topological polar surface area (TPSA) is 92.6 Å². The SMILES string of the molecule is Cc1ccccc1Oc1ccc(NC(C#N)=C(C#N)C#N)cc1. The molecule has 5 heteroatoms. The van der Waals surface area contributed by atoms with Crippen molar-refractivity contribution in [3.05, 3.63) is 65.4 Å². The van der Waals surface area contributed by atoms with Crippen molar-refractivity contribution in [1.29, 1.82) is 15.8 Å². The Morgan fingerprint density at radius 1 is 0.913 bits per heavy atom. The summed E-state index contributed by atoms with van der Waals surface area (Å²) in [6.07, 6.45) is 0. The molecule has 0 saturated carbocycles. The van der Waals surface area contributed by atoms with E-state index in [1.807, 2.05) is 31.2 Å². The zero-order valence-corrected chi connectivity index (χ0v) is 12.4. The fourth-order valence-corrected chi connectivity index (χ4v) is 1.83. The summed E-state index contributed by atoms with van der Waals surface area (Å²) in [5.74, 6) is 1.41. The standard InChI is InChI=1S/C18H12N4O/c1-13-4-2-3-5-18(13)23-16-8-6-15(7-9-16)22-17(12-21)14(10-19)11-20/h2-9,22H,1H3. The molecule has 0 bridgehead atoms. The van der Waals surface area contributed by atoms with Crippen molar-refractivity contribution in [1.82, 2.24) is 0 Å². The fraction of sp³-hybridized carbons (Fsp3) is 0.0556. The van der Waals surface area contributed by atoms with Gasteiger partial charge in [0.25, 0.3) is 0 Å². The minimum Gasteiger partial charge on any atom is -0.457 e. The highest BCUT2D eigenvalue weighted by atomic mass is 16.5. The van der Waals surface area contributed by atoms with Crippen molar-refractivity contribution >= 4 is 5.69 Å². The number of aryl methyl sites for hydroxylation is 1. The van der Waals surface area contributed by atoms with E-state index in [1.165, 1.54) is 0 Å². The molecular weight excluding hydrogens is 288 g/mol. The van der Waals surface area contributed by atoms with Gasteiger partial charge in [-0.05, 0) is 42.8 Å². The van der Waals surface area contributed by atoms with Crippen LogP contribution in [-0.2, 0) is 0 Å². The van der Waals surface area contributed by atoms with Crippen molar-refractivity contribution in [3.8, 4) is 29.7 Å². The Bertz CT molecular complexity index is 846. The summed E-state index contributed by atoms with van der Waals surface area (Å²) in [6.45, 7) is 1.96. The number of nitrogens with one attached hydrogen (secondary N) is 1. The van der Waals surface area contributed by atoms with E-state index in [1.54, 1.807) is 42.5 Å². The summed E-state index contributed by atoms with van der Waals surface area (Å²) in [4.78, 5) is 0. The molecule has 1 N–H and O–H groups in total. The lowest BCUT2D eigenvalue weighted by molar-refractivity contribution is 0.479. The predicted molar refractivity (Wildman–Crippen MR) is 85.2 cm³/mol. The van der Waals surface area contributed by atoms with Crippen LogP contribution in [0.2, 0.25) is 0 Å². The van der Waals surface area contributed by atoms with Crippen molar-refractivity contribution < 1.29 is 4.74 Å².